The molecule has 5 nitrogen and oxygen atoms in total. The first kappa shape index (κ1) is 23.9. The van der Waals surface area contributed by atoms with E-state index in [1.165, 1.54) is 30.5 Å². The fourth-order valence-electron chi connectivity index (χ4n) is 3.06. The predicted octanol–water partition coefficient (Wildman–Crippen LogP) is 7.14. The van der Waals surface area contributed by atoms with Crippen molar-refractivity contribution in [2.75, 3.05) is 0 Å². The maximum atomic E-state index is 13.0. The number of phenols is 1. The molecule has 8 heteroatoms. The summed E-state index contributed by atoms with van der Waals surface area (Å²) in [6.45, 7) is 0. The van der Waals surface area contributed by atoms with E-state index in [1.54, 1.807) is 54.7 Å². The van der Waals surface area contributed by atoms with Crippen LogP contribution in [0.25, 0.3) is 0 Å². The molecule has 0 amide bonds. The molecule has 0 aliphatic rings. The molecule has 0 radical (unpaired) electrons. The molecule has 4 rings (SSSR count). The lowest BCUT2D eigenvalue weighted by Gasteiger charge is -2.06. The lowest BCUT2D eigenvalue weighted by Crippen LogP contribution is -2.01. The van der Waals surface area contributed by atoms with Crippen LogP contribution in [-0.2, 0) is 9.84 Å². The van der Waals surface area contributed by atoms with Crippen LogP contribution in [0.1, 0.15) is 11.1 Å². The van der Waals surface area contributed by atoms with Crippen molar-refractivity contribution >= 4 is 61.2 Å². The van der Waals surface area contributed by atoms with E-state index in [0.717, 1.165) is 10.0 Å². The Morgan fingerprint density at radius 2 is 1.26 bits per heavy atom. The zero-order valence-corrected chi connectivity index (χ0v) is 20.8. The van der Waals surface area contributed by atoms with E-state index in [-0.39, 0.29) is 15.5 Å². The highest BCUT2D eigenvalue weighted by atomic mass is 79.9. The van der Waals surface area contributed by atoms with E-state index in [9.17, 15) is 13.5 Å². The van der Waals surface area contributed by atoms with Gasteiger partial charge in [-0.2, -0.15) is 0 Å². The van der Waals surface area contributed by atoms with E-state index >= 15 is 0 Å². The summed E-state index contributed by atoms with van der Waals surface area (Å²) in [5, 5.41) is 10.5. The van der Waals surface area contributed by atoms with Crippen molar-refractivity contribution in [1.29, 1.82) is 0 Å². The minimum absolute atomic E-state index is 0.103. The minimum Gasteiger partial charge on any atom is -0.507 e. The second kappa shape index (κ2) is 10.3. The second-order valence-corrected chi connectivity index (χ2v) is 10.5. The molecule has 4 aromatic rings. The number of aliphatic imine (C=N–C) groups is 2. The van der Waals surface area contributed by atoms with Crippen LogP contribution in [0.3, 0.4) is 0 Å². The van der Waals surface area contributed by atoms with E-state index < -0.39 is 9.84 Å². The van der Waals surface area contributed by atoms with Crippen LogP contribution in [0, 0.1) is 0 Å². The number of aromatic hydroxyl groups is 1. The molecule has 170 valence electrons. The van der Waals surface area contributed by atoms with Crippen LogP contribution in [0.5, 0.6) is 5.75 Å². The number of phenolic OH excluding ortho intramolecular Hbond substituents is 1. The smallest absolute Gasteiger partial charge is 0.206 e. The topological polar surface area (TPSA) is 79.1 Å². The monoisotopic (exact) mass is 552 g/mol. The summed E-state index contributed by atoms with van der Waals surface area (Å²) in [4.78, 5) is 9.00. The number of nitrogens with zero attached hydrogens (tertiary/aromatic N) is 2. The summed E-state index contributed by atoms with van der Waals surface area (Å²) in [7, 11) is -3.70. The first-order valence-corrected chi connectivity index (χ1v) is 12.7. The van der Waals surface area contributed by atoms with Crippen LogP contribution in [0.15, 0.2) is 115 Å². The molecular weight excluding hydrogens is 536 g/mol. The maximum absolute atomic E-state index is 13.0. The van der Waals surface area contributed by atoms with Crippen molar-refractivity contribution in [2.45, 2.75) is 9.79 Å². The first-order chi connectivity index (χ1) is 16.3. The first-order valence-electron chi connectivity index (χ1n) is 10.1. The average Bonchev–Trinajstić information content (AvgIpc) is 2.84. The van der Waals surface area contributed by atoms with Crippen LogP contribution in [-0.4, -0.2) is 26.0 Å². The summed E-state index contributed by atoms with van der Waals surface area (Å²) in [6.07, 6.45) is 3.16. The van der Waals surface area contributed by atoms with Gasteiger partial charge in [0, 0.05) is 33.1 Å². The third-order valence-corrected chi connectivity index (χ3v) is 7.52. The number of benzene rings is 4. The fourth-order valence-corrected chi connectivity index (χ4v) is 4.88. The molecule has 0 aliphatic heterocycles. The minimum atomic E-state index is -3.70. The van der Waals surface area contributed by atoms with Gasteiger partial charge in [0.25, 0.3) is 0 Å². The van der Waals surface area contributed by atoms with Gasteiger partial charge in [0.2, 0.25) is 9.84 Å². The number of rotatable bonds is 6. The standard InChI is InChI=1S/C26H18BrClN2O3S/c27-20-5-14-26(31)19(15-20)17-30-22-8-12-24(13-9-22)34(32,33)23-10-6-21(7-11-23)29-16-18-3-1-2-4-25(18)28/h1-17,31H. The van der Waals surface area contributed by atoms with Crippen molar-refractivity contribution < 1.29 is 13.5 Å². The van der Waals surface area contributed by atoms with Gasteiger partial charge in [0.05, 0.1) is 21.2 Å². The largest absolute Gasteiger partial charge is 0.507 e. The molecule has 0 fully saturated rings. The van der Waals surface area contributed by atoms with Crippen molar-refractivity contribution in [3.8, 4) is 5.75 Å². The Hall–Kier alpha value is -3.26. The normalized spacial score (nSPS) is 11.9. The van der Waals surface area contributed by atoms with Crippen molar-refractivity contribution in [2.24, 2.45) is 9.98 Å². The molecule has 0 unspecified atom stereocenters. The SMILES string of the molecule is O=S(=O)(c1ccc(N=Cc2cc(Br)ccc2O)cc1)c1ccc(N=Cc2ccccc2Cl)cc1. The zero-order valence-electron chi connectivity index (χ0n) is 17.6. The summed E-state index contributed by atoms with van der Waals surface area (Å²) < 4.78 is 26.8. The molecule has 0 saturated heterocycles. The molecule has 34 heavy (non-hydrogen) atoms. The molecule has 0 heterocycles. The van der Waals surface area contributed by atoms with Gasteiger partial charge in [0.15, 0.2) is 0 Å². The van der Waals surface area contributed by atoms with Gasteiger partial charge in [-0.15, -0.1) is 0 Å². The molecule has 0 aromatic heterocycles. The number of sulfone groups is 1. The fraction of sp³-hybridized carbons (Fsp3) is 0. The highest BCUT2D eigenvalue weighted by molar-refractivity contribution is 9.10. The molecule has 0 atom stereocenters. The number of hydrogen-bond donors (Lipinski definition) is 1. The molecule has 0 saturated carbocycles. The summed E-state index contributed by atoms with van der Waals surface area (Å²) in [5.74, 6) is 0.103. The molecule has 0 bridgehead atoms. The highest BCUT2D eigenvalue weighted by Crippen LogP contribution is 2.26. The van der Waals surface area contributed by atoms with Crippen molar-refractivity contribution in [3.63, 3.8) is 0 Å². The Balaban J connectivity index is 1.50. The second-order valence-electron chi connectivity index (χ2n) is 7.23. The van der Waals surface area contributed by atoms with Gasteiger partial charge in [-0.3, -0.25) is 9.98 Å². The molecular formula is C26H18BrClN2O3S. The Bertz CT molecular complexity index is 1480. The van der Waals surface area contributed by atoms with Gasteiger partial charge in [-0.05, 0) is 72.8 Å². The van der Waals surface area contributed by atoms with Crippen molar-refractivity contribution in [3.05, 3.63) is 112 Å². The van der Waals surface area contributed by atoms with E-state index in [2.05, 4.69) is 25.9 Å². The molecule has 0 spiro atoms. The molecule has 1 N–H and O–H groups in total. The Kier molecular flexibility index (Phi) is 7.26. The Labute approximate surface area is 211 Å². The third kappa shape index (κ3) is 5.62. The van der Waals surface area contributed by atoms with Gasteiger partial charge >= 0.3 is 0 Å². The lowest BCUT2D eigenvalue weighted by molar-refractivity contribution is 0.474. The van der Waals surface area contributed by atoms with Gasteiger partial charge in [0.1, 0.15) is 5.75 Å². The summed E-state index contributed by atoms with van der Waals surface area (Å²) >= 11 is 9.48. The Morgan fingerprint density at radius 3 is 1.82 bits per heavy atom. The Morgan fingerprint density at radius 1 is 0.735 bits per heavy atom. The quantitative estimate of drug-likeness (QED) is 0.258. The van der Waals surface area contributed by atoms with Crippen LogP contribution in [0.2, 0.25) is 5.02 Å². The van der Waals surface area contributed by atoms with Gasteiger partial charge < -0.3 is 5.11 Å². The van der Waals surface area contributed by atoms with E-state index in [1.807, 2.05) is 18.2 Å². The lowest BCUT2D eigenvalue weighted by atomic mass is 10.2. The highest BCUT2D eigenvalue weighted by Gasteiger charge is 2.17. The summed E-state index contributed by atoms with van der Waals surface area (Å²) in [5.41, 5.74) is 2.49. The third-order valence-electron chi connectivity index (χ3n) is 4.89. The van der Waals surface area contributed by atoms with E-state index in [4.69, 9.17) is 11.6 Å². The van der Waals surface area contributed by atoms with Gasteiger partial charge in [-0.1, -0.05) is 45.7 Å². The van der Waals surface area contributed by atoms with Crippen LogP contribution >= 0.6 is 27.5 Å². The van der Waals surface area contributed by atoms with Crippen LogP contribution in [0.4, 0.5) is 11.4 Å². The zero-order chi connectivity index (χ0) is 24.1. The van der Waals surface area contributed by atoms with Gasteiger partial charge in [-0.25, -0.2) is 8.42 Å². The average molecular weight is 554 g/mol. The summed E-state index contributed by atoms with van der Waals surface area (Å²) in [6, 6.07) is 24.9. The number of halogens is 2. The van der Waals surface area contributed by atoms with E-state index in [0.29, 0.717) is 22.0 Å². The molecule has 4 aromatic carbocycles. The maximum Gasteiger partial charge on any atom is 0.206 e. The predicted molar refractivity (Wildman–Crippen MR) is 140 cm³/mol. The van der Waals surface area contributed by atoms with Crippen LogP contribution < -0.4 is 0 Å². The van der Waals surface area contributed by atoms with Crippen molar-refractivity contribution in [1.82, 2.24) is 0 Å². The number of hydrogen-bond acceptors (Lipinski definition) is 5. The molecule has 0 aliphatic carbocycles.